The van der Waals surface area contributed by atoms with Crippen LogP contribution in [-0.4, -0.2) is 42.6 Å². The average molecular weight is 563 g/mol. The van der Waals surface area contributed by atoms with E-state index in [2.05, 4.69) is 5.32 Å². The van der Waals surface area contributed by atoms with Gasteiger partial charge in [-0.1, -0.05) is 48.5 Å². The van der Waals surface area contributed by atoms with Gasteiger partial charge in [-0.2, -0.15) is 0 Å². The number of fused-ring (bicyclic) bond motifs is 6. The van der Waals surface area contributed by atoms with Crippen LogP contribution in [0.4, 0.5) is 5.69 Å². The van der Waals surface area contributed by atoms with Gasteiger partial charge < -0.3 is 19.7 Å². The number of Topliss-reactive ketones (excluding diaryl/α,β-unsaturated/α-hetero) is 2. The lowest BCUT2D eigenvalue weighted by Gasteiger charge is -2.38. The largest absolute Gasteiger partial charge is 0.497 e. The van der Waals surface area contributed by atoms with E-state index in [0.29, 0.717) is 27.6 Å². The van der Waals surface area contributed by atoms with Crippen LogP contribution in [0.3, 0.4) is 0 Å². The molecule has 0 unspecified atom stereocenters. The molecular weight excluding hydrogens is 536 g/mol. The molecule has 3 aliphatic heterocycles. The van der Waals surface area contributed by atoms with Crippen molar-refractivity contribution < 1.29 is 23.9 Å². The molecule has 0 saturated carbocycles. The zero-order valence-corrected chi connectivity index (χ0v) is 23.2. The molecule has 1 spiro atoms. The molecule has 1 aromatic heterocycles. The molecule has 1 saturated heterocycles. The standard InChI is InChI=1S/C33H26N2O5S/c1-39-20-13-14-25(40-2)22(18-20)29(36)28-27(30(37)26-12-7-17-41-26)33(23-10-5-6-11-24(23)34-32(33)38)31-21-9-4-3-8-19(21)15-16-35(28)31/h3-18,27-28,31H,1-2H3,(H,34,38)/t27-,28+,31-,33+/m1/s1. The van der Waals surface area contributed by atoms with E-state index in [4.69, 9.17) is 9.47 Å². The highest BCUT2D eigenvalue weighted by Crippen LogP contribution is 2.62. The number of benzene rings is 3. The molecule has 3 aromatic carbocycles. The van der Waals surface area contributed by atoms with Crippen LogP contribution in [0.1, 0.15) is 42.8 Å². The summed E-state index contributed by atoms with van der Waals surface area (Å²) < 4.78 is 11.1. The summed E-state index contributed by atoms with van der Waals surface area (Å²) in [5.74, 6) is -1.03. The highest BCUT2D eigenvalue weighted by molar-refractivity contribution is 7.12. The third-order valence-corrected chi connectivity index (χ3v) is 9.44. The number of hydrogen-bond donors (Lipinski definition) is 1. The van der Waals surface area contributed by atoms with Crippen LogP contribution in [0.5, 0.6) is 11.5 Å². The van der Waals surface area contributed by atoms with E-state index in [1.807, 2.05) is 77.2 Å². The number of amides is 1. The van der Waals surface area contributed by atoms with Crippen molar-refractivity contribution in [3.63, 3.8) is 0 Å². The molecule has 1 amide bonds. The number of carbonyl (C=O) groups is 3. The molecular formula is C33H26N2O5S. The van der Waals surface area contributed by atoms with E-state index in [0.717, 1.165) is 11.1 Å². The summed E-state index contributed by atoms with van der Waals surface area (Å²) >= 11 is 1.31. The van der Waals surface area contributed by atoms with E-state index < -0.39 is 23.4 Å². The van der Waals surface area contributed by atoms with Crippen LogP contribution in [-0.2, 0) is 10.2 Å². The van der Waals surface area contributed by atoms with Gasteiger partial charge in [0, 0.05) is 11.9 Å². The number of carbonyl (C=O) groups excluding carboxylic acids is 3. The van der Waals surface area contributed by atoms with Crippen molar-refractivity contribution in [2.45, 2.75) is 17.5 Å². The predicted molar refractivity (Wildman–Crippen MR) is 157 cm³/mol. The first-order valence-corrected chi connectivity index (χ1v) is 14.2. The molecule has 0 aliphatic carbocycles. The fraction of sp³-hybridized carbons (Fsp3) is 0.182. The quantitative estimate of drug-likeness (QED) is 0.302. The Balaban J connectivity index is 1.54. The second-order valence-corrected chi connectivity index (χ2v) is 11.3. The van der Waals surface area contributed by atoms with E-state index in [1.165, 1.54) is 25.6 Å². The Morgan fingerprint density at radius 2 is 1.73 bits per heavy atom. The number of ether oxygens (including phenoxy) is 2. The Bertz CT molecular complexity index is 1750. The van der Waals surface area contributed by atoms with Crippen LogP contribution in [0, 0.1) is 5.92 Å². The van der Waals surface area contributed by atoms with Gasteiger partial charge in [-0.15, -0.1) is 11.3 Å². The van der Waals surface area contributed by atoms with Gasteiger partial charge in [0.15, 0.2) is 11.6 Å². The number of anilines is 1. The van der Waals surface area contributed by atoms with Gasteiger partial charge in [0.05, 0.1) is 36.6 Å². The minimum Gasteiger partial charge on any atom is -0.497 e. The van der Waals surface area contributed by atoms with Gasteiger partial charge in [-0.05, 0) is 58.5 Å². The Kier molecular flexibility index (Phi) is 5.83. The molecule has 1 N–H and O–H groups in total. The molecule has 7 nitrogen and oxygen atoms in total. The summed E-state index contributed by atoms with van der Waals surface area (Å²) in [6, 6.07) is 22.3. The molecule has 0 radical (unpaired) electrons. The Labute approximate surface area is 241 Å². The number of rotatable bonds is 6. The zero-order chi connectivity index (χ0) is 28.3. The minimum atomic E-state index is -1.37. The summed E-state index contributed by atoms with van der Waals surface area (Å²) in [6.45, 7) is 0. The molecule has 1 fully saturated rings. The lowest BCUT2D eigenvalue weighted by molar-refractivity contribution is -0.122. The topological polar surface area (TPSA) is 84.9 Å². The summed E-state index contributed by atoms with van der Waals surface area (Å²) in [5.41, 5.74) is 2.12. The monoisotopic (exact) mass is 562 g/mol. The second kappa shape index (κ2) is 9.45. The number of para-hydroxylation sites is 1. The maximum absolute atomic E-state index is 14.8. The second-order valence-electron chi connectivity index (χ2n) is 10.4. The molecule has 8 heteroatoms. The number of nitrogens with one attached hydrogen (secondary N) is 1. The lowest BCUT2D eigenvalue weighted by atomic mass is 9.63. The van der Waals surface area contributed by atoms with Gasteiger partial charge >= 0.3 is 0 Å². The van der Waals surface area contributed by atoms with Crippen molar-refractivity contribution in [3.8, 4) is 11.5 Å². The fourth-order valence-electron chi connectivity index (χ4n) is 6.91. The van der Waals surface area contributed by atoms with Crippen molar-refractivity contribution in [3.05, 3.63) is 118 Å². The van der Waals surface area contributed by atoms with Crippen molar-refractivity contribution >= 4 is 40.6 Å². The van der Waals surface area contributed by atoms with E-state index in [9.17, 15) is 14.4 Å². The third-order valence-electron chi connectivity index (χ3n) is 8.56. The lowest BCUT2D eigenvalue weighted by Crippen LogP contribution is -2.49. The smallest absolute Gasteiger partial charge is 0.238 e. The highest BCUT2D eigenvalue weighted by atomic mass is 32.1. The average Bonchev–Trinajstić information content (AvgIpc) is 3.73. The van der Waals surface area contributed by atoms with E-state index in [-0.39, 0.29) is 23.0 Å². The fourth-order valence-corrected chi connectivity index (χ4v) is 7.61. The number of thiophene rings is 1. The van der Waals surface area contributed by atoms with Gasteiger partial charge in [-0.3, -0.25) is 14.4 Å². The van der Waals surface area contributed by atoms with Gasteiger partial charge in [-0.25, -0.2) is 0 Å². The first-order chi connectivity index (χ1) is 20.0. The van der Waals surface area contributed by atoms with E-state index in [1.54, 1.807) is 24.3 Å². The van der Waals surface area contributed by atoms with Crippen LogP contribution >= 0.6 is 11.3 Å². The third kappa shape index (κ3) is 3.47. The summed E-state index contributed by atoms with van der Waals surface area (Å²) in [7, 11) is 3.04. The Morgan fingerprint density at radius 3 is 2.51 bits per heavy atom. The summed E-state index contributed by atoms with van der Waals surface area (Å²) in [6.07, 6.45) is 3.80. The maximum atomic E-state index is 14.8. The summed E-state index contributed by atoms with van der Waals surface area (Å²) in [5, 5.41) is 4.91. The number of nitrogens with zero attached hydrogens (tertiary/aromatic N) is 1. The molecule has 4 aromatic rings. The first kappa shape index (κ1) is 25.3. The van der Waals surface area contributed by atoms with E-state index >= 15 is 0 Å². The van der Waals surface area contributed by atoms with Gasteiger partial charge in [0.1, 0.15) is 23.0 Å². The van der Waals surface area contributed by atoms with Crippen LogP contribution in [0.25, 0.3) is 6.08 Å². The van der Waals surface area contributed by atoms with Crippen LogP contribution in [0.2, 0.25) is 0 Å². The molecule has 41 heavy (non-hydrogen) atoms. The number of methoxy groups -OCH3 is 2. The van der Waals surface area contributed by atoms with Crippen molar-refractivity contribution in [1.29, 1.82) is 0 Å². The van der Waals surface area contributed by atoms with Crippen molar-refractivity contribution in [2.75, 3.05) is 19.5 Å². The molecule has 3 aliphatic rings. The minimum absolute atomic E-state index is 0.243. The van der Waals surface area contributed by atoms with Gasteiger partial charge in [0.25, 0.3) is 0 Å². The Hall–Kier alpha value is -4.69. The molecule has 0 bridgehead atoms. The molecule has 204 valence electrons. The maximum Gasteiger partial charge on any atom is 0.238 e. The normalized spacial score (nSPS) is 23.5. The van der Waals surface area contributed by atoms with Gasteiger partial charge in [0.2, 0.25) is 5.91 Å². The summed E-state index contributed by atoms with van der Waals surface area (Å²) in [4.78, 5) is 46.4. The number of hydrogen-bond acceptors (Lipinski definition) is 7. The predicted octanol–water partition coefficient (Wildman–Crippen LogP) is 5.75. The zero-order valence-electron chi connectivity index (χ0n) is 22.4. The SMILES string of the molecule is COc1ccc(OC)c(C(=O)[C@@H]2[C@H](C(=O)c3cccs3)[C@]3(C(=O)Nc4ccccc43)[C@H]3c4ccccc4C=CN23)c1. The highest BCUT2D eigenvalue weighted by Gasteiger charge is 2.71. The van der Waals surface area contributed by atoms with Crippen LogP contribution in [0.15, 0.2) is 90.4 Å². The van der Waals surface area contributed by atoms with Crippen molar-refractivity contribution in [2.24, 2.45) is 5.92 Å². The van der Waals surface area contributed by atoms with Crippen LogP contribution < -0.4 is 14.8 Å². The molecule has 7 rings (SSSR count). The number of ketones is 2. The Morgan fingerprint density at radius 1 is 0.927 bits per heavy atom. The molecule has 4 atom stereocenters. The first-order valence-electron chi connectivity index (χ1n) is 13.3. The molecule has 4 heterocycles. The van der Waals surface area contributed by atoms with Crippen molar-refractivity contribution in [1.82, 2.24) is 4.90 Å².